The molecule has 21 heavy (non-hydrogen) atoms. The first-order valence-corrected chi connectivity index (χ1v) is 6.94. The molecule has 2 amide bonds. The maximum absolute atomic E-state index is 12.4. The molecule has 0 aliphatic heterocycles. The van der Waals surface area contributed by atoms with E-state index in [1.165, 1.54) is 0 Å². The summed E-state index contributed by atoms with van der Waals surface area (Å²) in [6, 6.07) is 4.91. The Kier molecular flexibility index (Phi) is 5.72. The summed E-state index contributed by atoms with van der Waals surface area (Å²) in [5.74, 6) is -0.651. The normalized spacial score (nSPS) is 12.5. The van der Waals surface area contributed by atoms with E-state index in [1.807, 2.05) is 20.8 Å². The molecule has 6 heteroatoms. The predicted octanol–water partition coefficient (Wildman–Crippen LogP) is 1.10. The van der Waals surface area contributed by atoms with Gasteiger partial charge >= 0.3 is 0 Å². The van der Waals surface area contributed by atoms with Crippen molar-refractivity contribution >= 4 is 23.2 Å². The second-order valence-corrected chi connectivity index (χ2v) is 5.42. The molecule has 0 saturated carbocycles. The van der Waals surface area contributed by atoms with Gasteiger partial charge in [0.05, 0.1) is 12.6 Å². The number of rotatable bonds is 6. The fourth-order valence-electron chi connectivity index (χ4n) is 2.12. The molecule has 0 saturated heterocycles. The lowest BCUT2D eigenvalue weighted by Gasteiger charge is -2.30. The molecular weight excluding hydrogens is 268 g/mol. The van der Waals surface area contributed by atoms with E-state index in [0.29, 0.717) is 11.4 Å². The molecule has 0 aromatic heterocycles. The van der Waals surface area contributed by atoms with Crippen molar-refractivity contribution in [3.8, 4) is 0 Å². The molecule has 0 aliphatic carbocycles. The van der Waals surface area contributed by atoms with Gasteiger partial charge in [-0.2, -0.15) is 0 Å². The van der Waals surface area contributed by atoms with Crippen LogP contribution in [-0.2, 0) is 9.59 Å². The Morgan fingerprint density at radius 1 is 1.29 bits per heavy atom. The van der Waals surface area contributed by atoms with Gasteiger partial charge < -0.3 is 16.8 Å². The van der Waals surface area contributed by atoms with E-state index < -0.39 is 11.9 Å². The van der Waals surface area contributed by atoms with Crippen molar-refractivity contribution in [1.82, 2.24) is 4.90 Å². The molecule has 1 aromatic rings. The monoisotopic (exact) mass is 292 g/mol. The van der Waals surface area contributed by atoms with E-state index in [2.05, 4.69) is 5.32 Å². The number of hydrogen-bond acceptors (Lipinski definition) is 4. The number of anilines is 2. The number of nitrogens with two attached hydrogens (primary N) is 2. The summed E-state index contributed by atoms with van der Waals surface area (Å²) in [6.45, 7) is 7.47. The highest BCUT2D eigenvalue weighted by molar-refractivity contribution is 5.96. The fourth-order valence-corrected chi connectivity index (χ4v) is 2.12. The van der Waals surface area contributed by atoms with Crippen LogP contribution in [0.4, 0.5) is 11.4 Å². The summed E-state index contributed by atoms with van der Waals surface area (Å²) in [6.07, 6.45) is 0. The SMILES string of the molecule is Cc1c(N)cccc1NC(=O)C(C)N(CC(N)=O)C(C)C. The van der Waals surface area contributed by atoms with Crippen LogP contribution >= 0.6 is 0 Å². The average molecular weight is 292 g/mol. The van der Waals surface area contributed by atoms with E-state index in [1.54, 1.807) is 30.0 Å². The third-order valence-corrected chi connectivity index (χ3v) is 3.51. The first-order chi connectivity index (χ1) is 9.73. The number of nitrogens with zero attached hydrogens (tertiary/aromatic N) is 1. The zero-order chi connectivity index (χ0) is 16.2. The molecule has 1 rings (SSSR count). The third kappa shape index (κ3) is 4.46. The highest BCUT2D eigenvalue weighted by atomic mass is 16.2. The molecule has 0 fully saturated rings. The van der Waals surface area contributed by atoms with Crippen LogP contribution in [0.1, 0.15) is 26.3 Å². The molecule has 1 atom stereocenters. The Morgan fingerprint density at radius 2 is 1.90 bits per heavy atom. The zero-order valence-electron chi connectivity index (χ0n) is 13.0. The van der Waals surface area contributed by atoms with Crippen molar-refractivity contribution in [3.05, 3.63) is 23.8 Å². The lowest BCUT2D eigenvalue weighted by molar-refractivity contribution is -0.124. The minimum atomic E-state index is -0.474. The topological polar surface area (TPSA) is 101 Å². The molecule has 5 N–H and O–H groups in total. The summed E-state index contributed by atoms with van der Waals surface area (Å²) in [5.41, 5.74) is 13.2. The highest BCUT2D eigenvalue weighted by Gasteiger charge is 2.25. The Bertz CT molecular complexity index is 528. The number of primary amides is 1. The van der Waals surface area contributed by atoms with Crippen LogP contribution in [-0.4, -0.2) is 35.3 Å². The van der Waals surface area contributed by atoms with Crippen molar-refractivity contribution in [3.63, 3.8) is 0 Å². The van der Waals surface area contributed by atoms with E-state index in [4.69, 9.17) is 11.5 Å². The molecule has 116 valence electrons. The number of carbonyl (C=O) groups excluding carboxylic acids is 2. The van der Waals surface area contributed by atoms with Crippen LogP contribution in [0.15, 0.2) is 18.2 Å². The maximum atomic E-state index is 12.4. The molecule has 0 spiro atoms. The van der Waals surface area contributed by atoms with Crippen LogP contribution in [0, 0.1) is 6.92 Å². The van der Waals surface area contributed by atoms with Crippen LogP contribution in [0.3, 0.4) is 0 Å². The number of carbonyl (C=O) groups is 2. The zero-order valence-corrected chi connectivity index (χ0v) is 13.0. The lowest BCUT2D eigenvalue weighted by Crippen LogP contribution is -2.49. The summed E-state index contributed by atoms with van der Waals surface area (Å²) < 4.78 is 0. The molecule has 0 radical (unpaired) electrons. The van der Waals surface area contributed by atoms with Crippen LogP contribution in [0.2, 0.25) is 0 Å². The standard InChI is InChI=1S/C15H24N4O2/c1-9(2)19(8-14(17)20)11(4)15(21)18-13-7-5-6-12(16)10(13)3/h5-7,9,11H,8,16H2,1-4H3,(H2,17,20)(H,18,21). The Labute approximate surface area is 125 Å². The van der Waals surface area contributed by atoms with Gasteiger partial charge in [0.1, 0.15) is 0 Å². The molecular formula is C15H24N4O2. The van der Waals surface area contributed by atoms with Crippen molar-refractivity contribution < 1.29 is 9.59 Å². The molecule has 6 nitrogen and oxygen atoms in total. The smallest absolute Gasteiger partial charge is 0.241 e. The van der Waals surface area contributed by atoms with Gasteiger partial charge in [-0.15, -0.1) is 0 Å². The highest BCUT2D eigenvalue weighted by Crippen LogP contribution is 2.21. The fraction of sp³-hybridized carbons (Fsp3) is 0.467. The molecule has 0 heterocycles. The van der Waals surface area contributed by atoms with Crippen molar-refractivity contribution in [1.29, 1.82) is 0 Å². The van der Waals surface area contributed by atoms with Crippen molar-refractivity contribution in [2.24, 2.45) is 5.73 Å². The number of benzene rings is 1. The molecule has 0 bridgehead atoms. The van der Waals surface area contributed by atoms with Gasteiger partial charge in [0, 0.05) is 17.4 Å². The van der Waals surface area contributed by atoms with E-state index in [-0.39, 0.29) is 18.5 Å². The Morgan fingerprint density at radius 3 is 2.43 bits per heavy atom. The molecule has 0 aliphatic rings. The van der Waals surface area contributed by atoms with Crippen LogP contribution < -0.4 is 16.8 Å². The minimum Gasteiger partial charge on any atom is -0.398 e. The van der Waals surface area contributed by atoms with Crippen LogP contribution in [0.25, 0.3) is 0 Å². The van der Waals surface area contributed by atoms with Gasteiger partial charge in [0.2, 0.25) is 11.8 Å². The van der Waals surface area contributed by atoms with Gasteiger partial charge in [-0.05, 0) is 45.4 Å². The molecule has 1 unspecified atom stereocenters. The summed E-state index contributed by atoms with van der Waals surface area (Å²) in [7, 11) is 0. The largest absolute Gasteiger partial charge is 0.398 e. The van der Waals surface area contributed by atoms with Gasteiger partial charge in [-0.1, -0.05) is 6.07 Å². The maximum Gasteiger partial charge on any atom is 0.241 e. The number of hydrogen-bond donors (Lipinski definition) is 3. The Balaban J connectivity index is 2.86. The van der Waals surface area contributed by atoms with Gasteiger partial charge in [-0.3, -0.25) is 14.5 Å². The number of amides is 2. The second kappa shape index (κ2) is 7.08. The average Bonchev–Trinajstić information content (AvgIpc) is 2.40. The van der Waals surface area contributed by atoms with Gasteiger partial charge in [0.25, 0.3) is 0 Å². The Hall–Kier alpha value is -2.08. The first-order valence-electron chi connectivity index (χ1n) is 6.94. The summed E-state index contributed by atoms with van der Waals surface area (Å²) in [4.78, 5) is 25.2. The number of nitrogens with one attached hydrogen (secondary N) is 1. The van der Waals surface area contributed by atoms with E-state index in [0.717, 1.165) is 5.56 Å². The first kappa shape index (κ1) is 17.0. The van der Waals surface area contributed by atoms with Crippen molar-refractivity contribution in [2.45, 2.75) is 39.8 Å². The second-order valence-electron chi connectivity index (χ2n) is 5.42. The van der Waals surface area contributed by atoms with Crippen LogP contribution in [0.5, 0.6) is 0 Å². The minimum absolute atomic E-state index is 0.0280. The predicted molar refractivity (Wildman–Crippen MR) is 84.7 cm³/mol. The van der Waals surface area contributed by atoms with Gasteiger partial charge in [0.15, 0.2) is 0 Å². The summed E-state index contributed by atoms with van der Waals surface area (Å²) >= 11 is 0. The quantitative estimate of drug-likeness (QED) is 0.683. The van der Waals surface area contributed by atoms with Crippen molar-refractivity contribution in [2.75, 3.05) is 17.6 Å². The van der Waals surface area contributed by atoms with E-state index >= 15 is 0 Å². The molecule has 1 aromatic carbocycles. The number of nitrogen functional groups attached to an aromatic ring is 1. The van der Waals surface area contributed by atoms with E-state index in [9.17, 15) is 9.59 Å². The summed E-state index contributed by atoms with van der Waals surface area (Å²) in [5, 5.41) is 2.85. The lowest BCUT2D eigenvalue weighted by atomic mass is 10.1. The third-order valence-electron chi connectivity index (χ3n) is 3.51. The van der Waals surface area contributed by atoms with Gasteiger partial charge in [-0.25, -0.2) is 0 Å².